The van der Waals surface area contributed by atoms with Gasteiger partial charge in [0, 0.05) is 54.1 Å². The highest BCUT2D eigenvalue weighted by atomic mass is 35.5. The fourth-order valence-electron chi connectivity index (χ4n) is 8.03. The number of likely N-dealkylation sites (tertiary alicyclic amines) is 2. The number of hydrogen-bond acceptors (Lipinski definition) is 6. The van der Waals surface area contributed by atoms with Crippen molar-refractivity contribution in [1.82, 2.24) is 19.4 Å². The molecular formula is C38H36ClFN6O2. The van der Waals surface area contributed by atoms with Crippen molar-refractivity contribution in [1.29, 1.82) is 10.5 Å². The Morgan fingerprint density at radius 1 is 1.15 bits per heavy atom. The summed E-state index contributed by atoms with van der Waals surface area (Å²) in [6, 6.07) is 19.1. The van der Waals surface area contributed by atoms with Gasteiger partial charge in [-0.05, 0) is 75.3 Å². The highest BCUT2D eigenvalue weighted by Crippen LogP contribution is 2.44. The molecule has 5 aromatic rings. The molecule has 2 aliphatic rings. The van der Waals surface area contributed by atoms with Crippen LogP contribution >= 0.6 is 11.6 Å². The molecule has 0 bridgehead atoms. The number of halogens is 2. The second-order valence-corrected chi connectivity index (χ2v) is 13.5. The van der Waals surface area contributed by atoms with Crippen molar-refractivity contribution in [3.8, 4) is 29.1 Å². The Hall–Kier alpha value is -4.70. The van der Waals surface area contributed by atoms with Crippen LogP contribution in [-0.2, 0) is 4.79 Å². The monoisotopic (exact) mass is 662 g/mol. The van der Waals surface area contributed by atoms with E-state index in [-0.39, 0.29) is 52.7 Å². The molecule has 4 atom stereocenters. The highest BCUT2D eigenvalue weighted by molar-refractivity contribution is 6.35. The number of carbonyl (C=O) groups excluding carboxylic acids is 1. The van der Waals surface area contributed by atoms with Crippen LogP contribution in [0.2, 0.25) is 5.02 Å². The van der Waals surface area contributed by atoms with Crippen LogP contribution in [0.4, 0.5) is 4.39 Å². The van der Waals surface area contributed by atoms with Crippen molar-refractivity contribution in [2.24, 2.45) is 0 Å². The van der Waals surface area contributed by atoms with Crippen LogP contribution in [0.25, 0.3) is 43.7 Å². The summed E-state index contributed by atoms with van der Waals surface area (Å²) in [4.78, 5) is 21.3. The van der Waals surface area contributed by atoms with E-state index in [9.17, 15) is 15.3 Å². The summed E-state index contributed by atoms with van der Waals surface area (Å²) in [6.07, 6.45) is 5.36. The summed E-state index contributed by atoms with van der Waals surface area (Å²) < 4.78 is 25.9. The molecule has 0 saturated carbocycles. The Morgan fingerprint density at radius 3 is 2.65 bits per heavy atom. The van der Waals surface area contributed by atoms with Crippen molar-refractivity contribution >= 4 is 50.1 Å². The number of amides is 1. The topological polar surface area (TPSA) is 98.2 Å². The lowest BCUT2D eigenvalue weighted by atomic mass is 9.93. The molecule has 2 saturated heterocycles. The van der Waals surface area contributed by atoms with Crippen molar-refractivity contribution in [3.63, 3.8) is 0 Å². The number of aromatic nitrogens is 2. The third-order valence-corrected chi connectivity index (χ3v) is 10.6. The molecular weight excluding hydrogens is 627 g/mol. The molecule has 3 aromatic carbocycles. The standard InChI is InChI=1S/C38H36ClFN6O2/c1-22(32-11-6-16-44(32)3)48-38-29-14-18-46(27-13-17-45(23(2)47)26(19-27)12-15-41)37(29)30-20-31(39)34(35(40)36(30)43-38)28-10-5-8-24-7-4-9-25(21-42)33(24)28/h4-5,7-10,14,18,20,22,26-27,32H,6,11-13,16-17,19H2,1-3H3/t22-,26+,27-,32?/m0/s1. The van der Waals surface area contributed by atoms with Crippen molar-refractivity contribution in [2.75, 3.05) is 20.1 Å². The van der Waals surface area contributed by atoms with Gasteiger partial charge in [0.2, 0.25) is 11.8 Å². The number of nitrogens with zero attached hydrogens (tertiary/aromatic N) is 6. The Balaban J connectivity index is 1.45. The number of pyridine rings is 1. The average molecular weight is 663 g/mol. The predicted octanol–water partition coefficient (Wildman–Crippen LogP) is 8.00. The Morgan fingerprint density at radius 2 is 1.94 bits per heavy atom. The van der Waals surface area contributed by atoms with E-state index in [0.29, 0.717) is 47.2 Å². The molecule has 1 unspecified atom stereocenters. The van der Waals surface area contributed by atoms with Gasteiger partial charge in [-0.1, -0.05) is 41.9 Å². The minimum absolute atomic E-state index is 0.0448. The van der Waals surface area contributed by atoms with Crippen molar-refractivity contribution in [2.45, 2.75) is 70.2 Å². The summed E-state index contributed by atoms with van der Waals surface area (Å²) >= 11 is 7.01. The van der Waals surface area contributed by atoms with Crippen LogP contribution in [-0.4, -0.2) is 63.6 Å². The average Bonchev–Trinajstić information content (AvgIpc) is 3.72. The molecule has 0 spiro atoms. The maximum atomic E-state index is 17.2. The highest BCUT2D eigenvalue weighted by Gasteiger charge is 2.33. The van der Waals surface area contributed by atoms with Gasteiger partial charge in [-0.25, -0.2) is 9.37 Å². The van der Waals surface area contributed by atoms with Crippen LogP contribution in [0, 0.1) is 28.5 Å². The molecule has 2 aliphatic heterocycles. The number of nitriles is 2. The Kier molecular flexibility index (Phi) is 8.45. The number of carbonyl (C=O) groups is 1. The van der Waals surface area contributed by atoms with E-state index in [4.69, 9.17) is 21.3 Å². The van der Waals surface area contributed by atoms with Gasteiger partial charge in [0.15, 0.2) is 5.82 Å². The molecule has 2 fully saturated rings. The van der Waals surface area contributed by atoms with Crippen LogP contribution in [0.5, 0.6) is 5.88 Å². The van der Waals surface area contributed by atoms with Gasteiger partial charge in [-0.2, -0.15) is 10.5 Å². The summed E-state index contributed by atoms with van der Waals surface area (Å²) in [5, 5.41) is 22.4. The van der Waals surface area contributed by atoms with Gasteiger partial charge in [0.1, 0.15) is 11.6 Å². The van der Waals surface area contributed by atoms with E-state index in [0.717, 1.165) is 35.7 Å². The van der Waals surface area contributed by atoms with E-state index in [2.05, 4.69) is 28.7 Å². The Labute approximate surface area is 283 Å². The predicted molar refractivity (Wildman–Crippen MR) is 185 cm³/mol. The van der Waals surface area contributed by atoms with E-state index >= 15 is 4.39 Å². The first kappa shape index (κ1) is 31.9. The summed E-state index contributed by atoms with van der Waals surface area (Å²) in [6.45, 7) is 5.09. The van der Waals surface area contributed by atoms with E-state index < -0.39 is 5.82 Å². The summed E-state index contributed by atoms with van der Waals surface area (Å²) in [7, 11) is 2.09. The smallest absolute Gasteiger partial charge is 0.223 e. The second kappa shape index (κ2) is 12.7. The summed E-state index contributed by atoms with van der Waals surface area (Å²) in [5.74, 6) is -0.283. The van der Waals surface area contributed by atoms with Crippen molar-refractivity contribution < 1.29 is 13.9 Å². The van der Waals surface area contributed by atoms with Crippen LogP contribution in [0.15, 0.2) is 54.7 Å². The lowest BCUT2D eigenvalue weighted by Crippen LogP contribution is -2.45. The lowest BCUT2D eigenvalue weighted by Gasteiger charge is -2.39. The maximum Gasteiger partial charge on any atom is 0.223 e. The fourth-order valence-corrected chi connectivity index (χ4v) is 8.32. The first-order chi connectivity index (χ1) is 23.2. The number of piperidine rings is 1. The van der Waals surface area contributed by atoms with Gasteiger partial charge in [0.05, 0.1) is 40.0 Å². The van der Waals surface area contributed by atoms with Crippen LogP contribution in [0.1, 0.15) is 57.6 Å². The molecule has 0 radical (unpaired) electrons. The number of likely N-dealkylation sites (N-methyl/N-ethyl adjacent to an activating group) is 1. The molecule has 4 heterocycles. The molecule has 244 valence electrons. The van der Waals surface area contributed by atoms with Gasteiger partial charge in [-0.3, -0.25) is 9.69 Å². The second-order valence-electron chi connectivity index (χ2n) is 13.1. The number of benzene rings is 3. The minimum Gasteiger partial charge on any atom is -0.472 e. The molecule has 2 aromatic heterocycles. The molecule has 1 amide bonds. The van der Waals surface area contributed by atoms with Gasteiger partial charge < -0.3 is 14.2 Å². The zero-order valence-corrected chi connectivity index (χ0v) is 28.0. The van der Waals surface area contributed by atoms with E-state index in [1.165, 1.54) is 0 Å². The molecule has 0 aliphatic carbocycles. The number of rotatable bonds is 6. The molecule has 7 rings (SSSR count). The lowest BCUT2D eigenvalue weighted by molar-refractivity contribution is -0.132. The quantitative estimate of drug-likeness (QED) is 0.183. The van der Waals surface area contributed by atoms with E-state index in [1.807, 2.05) is 43.5 Å². The normalized spacial score (nSPS) is 20.6. The first-order valence-corrected chi connectivity index (χ1v) is 16.8. The summed E-state index contributed by atoms with van der Waals surface area (Å²) in [5.41, 5.74) is 2.01. The SMILES string of the molecule is CC(=O)N1CC[C@H](n2ccc3c(O[C@@H](C)C4CCCN4C)nc4c(F)c(-c5cccc6cccc(C#N)c56)c(Cl)cc4c32)C[C@H]1CC#N. The fraction of sp³-hybridized carbons (Fsp3) is 0.368. The van der Waals surface area contributed by atoms with Crippen LogP contribution < -0.4 is 4.74 Å². The number of ether oxygens (including phenoxy) is 1. The van der Waals surface area contributed by atoms with Gasteiger partial charge >= 0.3 is 0 Å². The largest absolute Gasteiger partial charge is 0.472 e. The maximum absolute atomic E-state index is 17.2. The minimum atomic E-state index is -0.586. The third kappa shape index (κ3) is 5.32. The Bertz CT molecular complexity index is 2160. The van der Waals surface area contributed by atoms with Crippen LogP contribution in [0.3, 0.4) is 0 Å². The molecule has 0 N–H and O–H groups in total. The van der Waals surface area contributed by atoms with E-state index in [1.54, 1.807) is 30.0 Å². The zero-order chi connectivity index (χ0) is 33.7. The third-order valence-electron chi connectivity index (χ3n) is 10.3. The molecule has 8 nitrogen and oxygen atoms in total. The number of hydrogen-bond donors (Lipinski definition) is 0. The zero-order valence-electron chi connectivity index (χ0n) is 27.2. The first-order valence-electron chi connectivity index (χ1n) is 16.5. The molecule has 10 heteroatoms. The van der Waals surface area contributed by atoms with Crippen molar-refractivity contribution in [3.05, 3.63) is 71.1 Å². The van der Waals surface area contributed by atoms with Gasteiger partial charge in [-0.15, -0.1) is 0 Å². The number of fused-ring (bicyclic) bond motifs is 4. The van der Waals surface area contributed by atoms with Gasteiger partial charge in [0.25, 0.3) is 0 Å². The molecule has 48 heavy (non-hydrogen) atoms.